The van der Waals surface area contributed by atoms with Crippen LogP contribution in [-0.2, 0) is 0 Å². The van der Waals surface area contributed by atoms with Gasteiger partial charge in [-0.15, -0.1) is 0 Å². The zero-order valence-corrected chi connectivity index (χ0v) is 15.6. The van der Waals surface area contributed by atoms with Crippen LogP contribution in [0.25, 0.3) is 0 Å². The van der Waals surface area contributed by atoms with Gasteiger partial charge in [0, 0.05) is 37.9 Å². The second-order valence-electron chi connectivity index (χ2n) is 6.11. The molecule has 0 unspecified atom stereocenters. The van der Waals surface area contributed by atoms with Crippen molar-refractivity contribution in [1.29, 1.82) is 0 Å². The number of piperazine rings is 1. The molecule has 1 aromatic heterocycles. The third kappa shape index (κ3) is 4.19. The number of nitrogens with zero attached hydrogens (tertiary/aromatic N) is 3. The van der Waals surface area contributed by atoms with E-state index in [1.54, 1.807) is 59.5 Å². The van der Waals surface area contributed by atoms with E-state index in [2.05, 4.69) is 4.98 Å². The molecule has 3 rings (SSSR count). The second-order valence-corrected chi connectivity index (χ2v) is 6.11. The third-order valence-corrected chi connectivity index (χ3v) is 4.45. The molecule has 2 aromatic rings. The summed E-state index contributed by atoms with van der Waals surface area (Å²) in [4.78, 5) is 33.1. The summed E-state index contributed by atoms with van der Waals surface area (Å²) in [5.41, 5.74) is 1.03. The van der Waals surface area contributed by atoms with Crippen LogP contribution in [0.15, 0.2) is 42.6 Å². The lowest BCUT2D eigenvalue weighted by Crippen LogP contribution is -2.50. The smallest absolute Gasteiger partial charge is 0.259 e. The molecule has 1 fully saturated rings. The second kappa shape index (κ2) is 8.53. The Hall–Kier alpha value is -3.09. The maximum Gasteiger partial charge on any atom is 0.259 e. The molecular formula is C20H23N3O4. The SMILES string of the molecule is CCOc1ncccc1C(=O)N1CCN(C(=O)c2cccc(OC)c2)CC1. The van der Waals surface area contributed by atoms with Gasteiger partial charge in [-0.1, -0.05) is 6.07 Å². The van der Waals surface area contributed by atoms with Crippen molar-refractivity contribution in [2.75, 3.05) is 39.9 Å². The zero-order valence-electron chi connectivity index (χ0n) is 15.6. The Morgan fingerprint density at radius 2 is 1.74 bits per heavy atom. The van der Waals surface area contributed by atoms with E-state index >= 15 is 0 Å². The van der Waals surface area contributed by atoms with Gasteiger partial charge < -0.3 is 19.3 Å². The minimum Gasteiger partial charge on any atom is -0.497 e. The molecule has 2 amide bonds. The van der Waals surface area contributed by atoms with Crippen molar-refractivity contribution in [2.45, 2.75) is 6.92 Å². The predicted molar refractivity (Wildman–Crippen MR) is 100 cm³/mol. The van der Waals surface area contributed by atoms with Crippen molar-refractivity contribution in [2.24, 2.45) is 0 Å². The van der Waals surface area contributed by atoms with Gasteiger partial charge in [-0.2, -0.15) is 0 Å². The molecule has 0 N–H and O–H groups in total. The number of hydrogen-bond acceptors (Lipinski definition) is 5. The first-order chi connectivity index (χ1) is 13.1. The summed E-state index contributed by atoms with van der Waals surface area (Å²) in [6.07, 6.45) is 1.60. The standard InChI is InChI=1S/C20H23N3O4/c1-3-27-18-17(8-5-9-21-18)20(25)23-12-10-22(11-13-23)19(24)15-6-4-7-16(14-15)26-2/h4-9,14H,3,10-13H2,1-2H3. The number of benzene rings is 1. The van der Waals surface area contributed by atoms with Crippen LogP contribution in [0.2, 0.25) is 0 Å². The van der Waals surface area contributed by atoms with Gasteiger partial charge in [-0.3, -0.25) is 9.59 Å². The fraction of sp³-hybridized carbons (Fsp3) is 0.350. The van der Waals surface area contributed by atoms with Crippen molar-refractivity contribution >= 4 is 11.8 Å². The summed E-state index contributed by atoms with van der Waals surface area (Å²) in [7, 11) is 1.57. The lowest BCUT2D eigenvalue weighted by atomic mass is 10.1. The molecule has 0 aliphatic carbocycles. The Morgan fingerprint density at radius 1 is 1.04 bits per heavy atom. The quantitative estimate of drug-likeness (QED) is 0.807. The lowest BCUT2D eigenvalue weighted by Gasteiger charge is -2.35. The molecule has 1 aliphatic heterocycles. The highest BCUT2D eigenvalue weighted by molar-refractivity contribution is 5.97. The Bertz CT molecular complexity index is 816. The van der Waals surface area contributed by atoms with E-state index in [4.69, 9.17) is 9.47 Å². The topological polar surface area (TPSA) is 72.0 Å². The summed E-state index contributed by atoms with van der Waals surface area (Å²) in [6, 6.07) is 10.5. The van der Waals surface area contributed by atoms with Crippen molar-refractivity contribution in [3.63, 3.8) is 0 Å². The minimum atomic E-state index is -0.125. The van der Waals surface area contributed by atoms with Gasteiger partial charge in [0.05, 0.1) is 13.7 Å². The van der Waals surface area contributed by atoms with Gasteiger partial charge >= 0.3 is 0 Å². The molecule has 1 aliphatic rings. The van der Waals surface area contributed by atoms with Gasteiger partial charge in [-0.25, -0.2) is 4.98 Å². The highest BCUT2D eigenvalue weighted by atomic mass is 16.5. The van der Waals surface area contributed by atoms with E-state index in [-0.39, 0.29) is 11.8 Å². The summed E-state index contributed by atoms with van der Waals surface area (Å²) in [5, 5.41) is 0. The van der Waals surface area contributed by atoms with Crippen LogP contribution in [0.5, 0.6) is 11.6 Å². The van der Waals surface area contributed by atoms with E-state index < -0.39 is 0 Å². The summed E-state index contributed by atoms with van der Waals surface area (Å²) >= 11 is 0. The zero-order chi connectivity index (χ0) is 19.2. The largest absolute Gasteiger partial charge is 0.497 e. The van der Waals surface area contributed by atoms with E-state index in [1.807, 2.05) is 6.92 Å². The molecule has 27 heavy (non-hydrogen) atoms. The number of ether oxygens (including phenoxy) is 2. The van der Waals surface area contributed by atoms with Gasteiger partial charge in [-0.05, 0) is 37.3 Å². The first-order valence-corrected chi connectivity index (χ1v) is 8.94. The molecule has 1 saturated heterocycles. The summed E-state index contributed by atoms with van der Waals surface area (Å²) in [6.45, 7) is 4.19. The normalized spacial score (nSPS) is 14.0. The molecule has 0 bridgehead atoms. The van der Waals surface area contributed by atoms with E-state index in [0.717, 1.165) is 0 Å². The monoisotopic (exact) mass is 369 g/mol. The van der Waals surface area contributed by atoms with Crippen molar-refractivity contribution in [1.82, 2.24) is 14.8 Å². The Morgan fingerprint density at radius 3 is 2.41 bits per heavy atom. The van der Waals surface area contributed by atoms with Crippen LogP contribution in [0.3, 0.4) is 0 Å². The van der Waals surface area contributed by atoms with Gasteiger partial charge in [0.2, 0.25) is 5.88 Å². The molecule has 0 atom stereocenters. The van der Waals surface area contributed by atoms with E-state index in [0.29, 0.717) is 55.5 Å². The molecule has 0 radical (unpaired) electrons. The van der Waals surface area contributed by atoms with Crippen molar-refractivity contribution in [3.05, 3.63) is 53.7 Å². The molecule has 0 spiro atoms. The Labute approximate surface area is 158 Å². The fourth-order valence-corrected chi connectivity index (χ4v) is 3.03. The number of carbonyl (C=O) groups excluding carboxylic acids is 2. The Kier molecular flexibility index (Phi) is 5.90. The molecule has 0 saturated carbocycles. The van der Waals surface area contributed by atoms with Gasteiger partial charge in [0.15, 0.2) is 0 Å². The average molecular weight is 369 g/mol. The van der Waals surface area contributed by atoms with Crippen LogP contribution < -0.4 is 9.47 Å². The predicted octanol–water partition coefficient (Wildman–Crippen LogP) is 2.09. The third-order valence-electron chi connectivity index (χ3n) is 4.45. The van der Waals surface area contributed by atoms with Crippen molar-refractivity contribution < 1.29 is 19.1 Å². The van der Waals surface area contributed by atoms with Crippen LogP contribution in [-0.4, -0.2) is 66.5 Å². The number of rotatable bonds is 5. The lowest BCUT2D eigenvalue weighted by molar-refractivity contribution is 0.0532. The maximum atomic E-state index is 12.8. The first-order valence-electron chi connectivity index (χ1n) is 8.94. The van der Waals surface area contributed by atoms with Gasteiger partial charge in [0.25, 0.3) is 11.8 Å². The average Bonchev–Trinajstić information content (AvgIpc) is 2.73. The van der Waals surface area contributed by atoms with Crippen LogP contribution in [0.1, 0.15) is 27.6 Å². The molecule has 2 heterocycles. The van der Waals surface area contributed by atoms with Crippen LogP contribution >= 0.6 is 0 Å². The maximum absolute atomic E-state index is 12.8. The molecule has 142 valence electrons. The highest BCUT2D eigenvalue weighted by Gasteiger charge is 2.27. The highest BCUT2D eigenvalue weighted by Crippen LogP contribution is 2.19. The number of hydrogen-bond donors (Lipinski definition) is 0. The number of amides is 2. The summed E-state index contributed by atoms with van der Waals surface area (Å²) in [5.74, 6) is 0.812. The fourth-order valence-electron chi connectivity index (χ4n) is 3.03. The number of methoxy groups -OCH3 is 1. The van der Waals surface area contributed by atoms with Crippen LogP contribution in [0.4, 0.5) is 0 Å². The molecule has 7 nitrogen and oxygen atoms in total. The van der Waals surface area contributed by atoms with Crippen LogP contribution in [0, 0.1) is 0 Å². The Balaban J connectivity index is 1.65. The van der Waals surface area contributed by atoms with Gasteiger partial charge in [0.1, 0.15) is 11.3 Å². The minimum absolute atomic E-state index is 0.0580. The van der Waals surface area contributed by atoms with E-state index in [9.17, 15) is 9.59 Å². The molecular weight excluding hydrogens is 346 g/mol. The molecule has 1 aromatic carbocycles. The molecule has 7 heteroatoms. The summed E-state index contributed by atoms with van der Waals surface area (Å²) < 4.78 is 10.6. The first kappa shape index (κ1) is 18.7. The number of aromatic nitrogens is 1. The number of carbonyl (C=O) groups is 2. The van der Waals surface area contributed by atoms with E-state index in [1.165, 1.54) is 0 Å². The number of pyridine rings is 1. The van der Waals surface area contributed by atoms with Crippen molar-refractivity contribution in [3.8, 4) is 11.6 Å².